The highest BCUT2D eigenvalue weighted by molar-refractivity contribution is 6.30. The zero-order valence-electron chi connectivity index (χ0n) is 17.8. The SMILES string of the molecule is COc1cccc(N2C(=O)[C@H](CC(=O)Nc3ccc(Cl)cc3)N(CCC(C)C)C2=O)c1. The van der Waals surface area contributed by atoms with Crippen molar-refractivity contribution in [1.29, 1.82) is 0 Å². The highest BCUT2D eigenvalue weighted by Gasteiger charge is 2.46. The van der Waals surface area contributed by atoms with Gasteiger partial charge in [0.2, 0.25) is 5.91 Å². The lowest BCUT2D eigenvalue weighted by molar-refractivity contribution is -0.124. The van der Waals surface area contributed by atoms with Crippen LogP contribution in [0.4, 0.5) is 16.2 Å². The molecule has 1 atom stereocenters. The van der Waals surface area contributed by atoms with Gasteiger partial charge in [0, 0.05) is 23.3 Å². The molecule has 0 aliphatic carbocycles. The molecule has 0 bridgehead atoms. The van der Waals surface area contributed by atoms with Crippen LogP contribution in [0.15, 0.2) is 48.5 Å². The molecule has 0 radical (unpaired) electrons. The molecule has 1 saturated heterocycles. The van der Waals surface area contributed by atoms with Crippen LogP contribution < -0.4 is 15.0 Å². The molecule has 0 aromatic heterocycles. The van der Waals surface area contributed by atoms with Crippen LogP contribution in [0.2, 0.25) is 5.02 Å². The van der Waals surface area contributed by atoms with E-state index in [2.05, 4.69) is 5.32 Å². The normalized spacial score (nSPS) is 16.2. The van der Waals surface area contributed by atoms with Gasteiger partial charge >= 0.3 is 6.03 Å². The van der Waals surface area contributed by atoms with Crippen molar-refractivity contribution in [3.63, 3.8) is 0 Å². The van der Waals surface area contributed by atoms with Crippen LogP contribution in [0.1, 0.15) is 26.7 Å². The molecule has 1 fully saturated rings. The number of carbonyl (C=O) groups excluding carboxylic acids is 3. The molecule has 7 nitrogen and oxygen atoms in total. The molecule has 1 heterocycles. The quantitative estimate of drug-likeness (QED) is 0.606. The third-order valence-corrected chi connectivity index (χ3v) is 5.34. The maximum absolute atomic E-state index is 13.2. The molecule has 2 aromatic rings. The highest BCUT2D eigenvalue weighted by Crippen LogP contribution is 2.30. The molecule has 164 valence electrons. The summed E-state index contributed by atoms with van der Waals surface area (Å²) in [6.07, 6.45) is 0.589. The van der Waals surface area contributed by atoms with Crippen molar-refractivity contribution in [1.82, 2.24) is 4.90 Å². The number of urea groups is 1. The fourth-order valence-electron chi connectivity index (χ4n) is 3.39. The molecule has 1 aliphatic heterocycles. The van der Waals surface area contributed by atoms with Crippen molar-refractivity contribution in [2.45, 2.75) is 32.7 Å². The van der Waals surface area contributed by atoms with Crippen molar-refractivity contribution < 1.29 is 19.1 Å². The Kier molecular flexibility index (Phi) is 7.17. The molecule has 1 N–H and O–H groups in total. The van der Waals surface area contributed by atoms with Gasteiger partial charge in [-0.15, -0.1) is 0 Å². The zero-order chi connectivity index (χ0) is 22.5. The lowest BCUT2D eigenvalue weighted by Gasteiger charge is -2.22. The number of nitrogens with zero attached hydrogens (tertiary/aromatic N) is 2. The van der Waals surface area contributed by atoms with Gasteiger partial charge in [-0.2, -0.15) is 0 Å². The Hall–Kier alpha value is -3.06. The first kappa shape index (κ1) is 22.6. The Balaban J connectivity index is 1.82. The van der Waals surface area contributed by atoms with Gasteiger partial charge in [-0.05, 0) is 48.7 Å². The predicted octanol–water partition coefficient (Wildman–Crippen LogP) is 4.56. The van der Waals surface area contributed by atoms with Gasteiger partial charge in [0.15, 0.2) is 0 Å². The fourth-order valence-corrected chi connectivity index (χ4v) is 3.52. The summed E-state index contributed by atoms with van der Waals surface area (Å²) >= 11 is 5.88. The first-order valence-electron chi connectivity index (χ1n) is 10.1. The van der Waals surface area contributed by atoms with E-state index >= 15 is 0 Å². The van der Waals surface area contributed by atoms with Gasteiger partial charge in [0.25, 0.3) is 5.91 Å². The minimum atomic E-state index is -0.871. The standard InChI is InChI=1S/C23H26ClN3O4/c1-15(2)11-12-26-20(14-21(28)25-17-9-7-16(24)8-10-17)22(29)27(23(26)30)18-5-4-6-19(13-18)31-3/h4-10,13,15,20H,11-12,14H2,1-3H3,(H,25,28)/t20-/m0/s1. The lowest BCUT2D eigenvalue weighted by Crippen LogP contribution is -2.39. The summed E-state index contributed by atoms with van der Waals surface area (Å²) in [7, 11) is 1.52. The van der Waals surface area contributed by atoms with E-state index in [1.54, 1.807) is 48.5 Å². The topological polar surface area (TPSA) is 79.0 Å². The van der Waals surface area contributed by atoms with Crippen LogP contribution in [-0.4, -0.2) is 42.4 Å². The predicted molar refractivity (Wildman–Crippen MR) is 121 cm³/mol. The number of amides is 4. The van der Waals surface area contributed by atoms with Crippen molar-refractivity contribution >= 4 is 40.8 Å². The van der Waals surface area contributed by atoms with E-state index in [0.29, 0.717) is 34.6 Å². The van der Waals surface area contributed by atoms with Crippen molar-refractivity contribution in [3.8, 4) is 5.75 Å². The monoisotopic (exact) mass is 443 g/mol. The molecule has 0 spiro atoms. The number of nitrogens with one attached hydrogen (secondary N) is 1. The summed E-state index contributed by atoms with van der Waals surface area (Å²) in [4.78, 5) is 41.7. The Morgan fingerprint density at radius 1 is 1.16 bits per heavy atom. The minimum absolute atomic E-state index is 0.133. The average molecular weight is 444 g/mol. The molecule has 31 heavy (non-hydrogen) atoms. The van der Waals surface area contributed by atoms with Crippen LogP contribution in [0.5, 0.6) is 5.75 Å². The van der Waals surface area contributed by atoms with E-state index in [0.717, 1.165) is 11.3 Å². The second-order valence-corrected chi connectivity index (χ2v) is 8.25. The average Bonchev–Trinajstić information content (AvgIpc) is 2.97. The molecular formula is C23H26ClN3O4. The second kappa shape index (κ2) is 9.83. The van der Waals surface area contributed by atoms with E-state index in [1.165, 1.54) is 12.0 Å². The first-order valence-corrected chi connectivity index (χ1v) is 10.5. The zero-order valence-corrected chi connectivity index (χ0v) is 18.6. The third kappa shape index (κ3) is 5.35. The molecular weight excluding hydrogens is 418 g/mol. The van der Waals surface area contributed by atoms with Gasteiger partial charge in [-0.1, -0.05) is 31.5 Å². The van der Waals surface area contributed by atoms with E-state index in [-0.39, 0.29) is 12.3 Å². The Morgan fingerprint density at radius 2 is 1.87 bits per heavy atom. The van der Waals surface area contributed by atoms with Crippen molar-refractivity contribution in [2.24, 2.45) is 5.92 Å². The molecule has 3 rings (SSSR count). The van der Waals surface area contributed by atoms with Crippen LogP contribution in [-0.2, 0) is 9.59 Å². The summed E-state index contributed by atoms with van der Waals surface area (Å²) in [6, 6.07) is 12.2. The van der Waals surface area contributed by atoms with E-state index < -0.39 is 18.0 Å². The number of anilines is 2. The number of hydrogen-bond acceptors (Lipinski definition) is 4. The summed E-state index contributed by atoms with van der Waals surface area (Å²) in [5.74, 6) is 0.108. The van der Waals surface area contributed by atoms with Crippen LogP contribution in [0, 0.1) is 5.92 Å². The largest absolute Gasteiger partial charge is 0.497 e. The number of halogens is 1. The molecule has 4 amide bonds. The maximum Gasteiger partial charge on any atom is 0.332 e. The number of imide groups is 1. The third-order valence-electron chi connectivity index (χ3n) is 5.08. The van der Waals surface area contributed by atoms with E-state index in [9.17, 15) is 14.4 Å². The molecule has 0 unspecified atom stereocenters. The van der Waals surface area contributed by atoms with Gasteiger partial charge in [0.1, 0.15) is 11.8 Å². The summed E-state index contributed by atoms with van der Waals surface area (Å²) in [5, 5.41) is 3.32. The van der Waals surface area contributed by atoms with Gasteiger partial charge in [-0.25, -0.2) is 9.69 Å². The van der Waals surface area contributed by atoms with Crippen LogP contribution >= 0.6 is 11.6 Å². The lowest BCUT2D eigenvalue weighted by atomic mass is 10.1. The van der Waals surface area contributed by atoms with E-state index in [4.69, 9.17) is 16.3 Å². The smallest absolute Gasteiger partial charge is 0.332 e. The van der Waals surface area contributed by atoms with Crippen molar-refractivity contribution in [3.05, 3.63) is 53.6 Å². The highest BCUT2D eigenvalue weighted by atomic mass is 35.5. The second-order valence-electron chi connectivity index (χ2n) is 7.81. The number of rotatable bonds is 8. The summed E-state index contributed by atoms with van der Waals surface area (Å²) in [6.45, 7) is 4.48. The molecule has 2 aromatic carbocycles. The van der Waals surface area contributed by atoms with Gasteiger partial charge in [-0.3, -0.25) is 9.59 Å². The fraction of sp³-hybridized carbons (Fsp3) is 0.348. The molecule has 1 aliphatic rings. The maximum atomic E-state index is 13.2. The summed E-state index contributed by atoms with van der Waals surface area (Å²) in [5.41, 5.74) is 0.995. The van der Waals surface area contributed by atoms with Crippen LogP contribution in [0.3, 0.4) is 0 Å². The van der Waals surface area contributed by atoms with Crippen LogP contribution in [0.25, 0.3) is 0 Å². The Labute approximate surface area is 186 Å². The minimum Gasteiger partial charge on any atom is -0.497 e. The Morgan fingerprint density at radius 3 is 2.52 bits per heavy atom. The molecule has 8 heteroatoms. The van der Waals surface area contributed by atoms with E-state index in [1.807, 2.05) is 13.8 Å². The van der Waals surface area contributed by atoms with Gasteiger partial charge in [0.05, 0.1) is 19.2 Å². The number of carbonyl (C=O) groups is 3. The van der Waals surface area contributed by atoms with Crippen molar-refractivity contribution in [2.75, 3.05) is 23.9 Å². The number of methoxy groups -OCH3 is 1. The summed E-state index contributed by atoms with van der Waals surface area (Å²) < 4.78 is 5.22. The first-order chi connectivity index (χ1) is 14.8. The molecule has 0 saturated carbocycles. The number of benzene rings is 2. The Bertz CT molecular complexity index is 962. The number of hydrogen-bond donors (Lipinski definition) is 1. The van der Waals surface area contributed by atoms with Gasteiger partial charge < -0.3 is 15.0 Å². The number of ether oxygens (including phenoxy) is 1.